The minimum Gasteiger partial charge on any atom is -0.323 e. The maximum Gasteiger partial charge on any atom is 0.0934 e. The van der Waals surface area contributed by atoms with Gasteiger partial charge < -0.3 is 5.84 Å². The quantitative estimate of drug-likeness (QED) is 0.624. The standard InChI is InChI=1S/C16H15N3/c17-19-16-14(11-12-7-9-18-10-8-12)6-5-13-3-1-2-4-15(13)16/h1-4,7-11H,5-6,17H2/b14-11+,19-16+. The van der Waals surface area contributed by atoms with E-state index in [2.05, 4.69) is 34.4 Å². The highest BCUT2D eigenvalue weighted by atomic mass is 15.1. The number of hydrazone groups is 1. The van der Waals surface area contributed by atoms with Crippen molar-refractivity contribution in [1.82, 2.24) is 4.98 Å². The zero-order chi connectivity index (χ0) is 13.1. The van der Waals surface area contributed by atoms with Gasteiger partial charge in [0.05, 0.1) is 5.71 Å². The van der Waals surface area contributed by atoms with Crippen LogP contribution in [0.1, 0.15) is 23.1 Å². The SMILES string of the molecule is N/N=C1\C(=C\c2ccncc2)CCc2ccccc21. The van der Waals surface area contributed by atoms with Gasteiger partial charge in [-0.3, -0.25) is 4.98 Å². The van der Waals surface area contributed by atoms with Gasteiger partial charge in [0.2, 0.25) is 0 Å². The monoisotopic (exact) mass is 249 g/mol. The van der Waals surface area contributed by atoms with Crippen molar-refractivity contribution in [3.8, 4) is 0 Å². The first kappa shape index (κ1) is 11.7. The Morgan fingerprint density at radius 1 is 1.05 bits per heavy atom. The highest BCUT2D eigenvalue weighted by Gasteiger charge is 2.19. The van der Waals surface area contributed by atoms with Crippen LogP contribution in [0.5, 0.6) is 0 Å². The van der Waals surface area contributed by atoms with Crippen molar-refractivity contribution in [3.05, 3.63) is 71.1 Å². The normalized spacial score (nSPS) is 18.5. The summed E-state index contributed by atoms with van der Waals surface area (Å²) in [7, 11) is 0. The van der Waals surface area contributed by atoms with E-state index in [1.165, 1.54) is 11.1 Å². The molecule has 0 spiro atoms. The van der Waals surface area contributed by atoms with Crippen molar-refractivity contribution in [2.45, 2.75) is 12.8 Å². The summed E-state index contributed by atoms with van der Waals surface area (Å²) >= 11 is 0. The van der Waals surface area contributed by atoms with Gasteiger partial charge in [0.1, 0.15) is 0 Å². The molecule has 0 atom stereocenters. The van der Waals surface area contributed by atoms with Gasteiger partial charge in [-0.15, -0.1) is 0 Å². The zero-order valence-electron chi connectivity index (χ0n) is 10.6. The Kier molecular flexibility index (Phi) is 3.11. The lowest BCUT2D eigenvalue weighted by molar-refractivity contribution is 0.950. The number of fused-ring (bicyclic) bond motifs is 1. The first-order valence-corrected chi connectivity index (χ1v) is 6.35. The molecular formula is C16H15N3. The van der Waals surface area contributed by atoms with Crippen molar-refractivity contribution < 1.29 is 0 Å². The lowest BCUT2D eigenvalue weighted by atomic mass is 9.85. The van der Waals surface area contributed by atoms with Gasteiger partial charge in [-0.25, -0.2) is 0 Å². The van der Waals surface area contributed by atoms with Gasteiger partial charge in [0, 0.05) is 18.0 Å². The molecule has 0 radical (unpaired) electrons. The first-order chi connectivity index (χ1) is 9.38. The Bertz CT molecular complexity index is 642. The molecule has 0 bridgehead atoms. The van der Waals surface area contributed by atoms with Crippen molar-refractivity contribution in [3.63, 3.8) is 0 Å². The summed E-state index contributed by atoms with van der Waals surface area (Å²) in [6.45, 7) is 0. The number of allylic oxidation sites excluding steroid dienone is 1. The Morgan fingerprint density at radius 2 is 1.84 bits per heavy atom. The van der Waals surface area contributed by atoms with Crippen molar-refractivity contribution in [2.75, 3.05) is 0 Å². The number of aromatic nitrogens is 1. The van der Waals surface area contributed by atoms with Gasteiger partial charge in [0.25, 0.3) is 0 Å². The summed E-state index contributed by atoms with van der Waals surface area (Å²) in [5.74, 6) is 5.60. The molecule has 1 heterocycles. The molecule has 0 aliphatic heterocycles. The summed E-state index contributed by atoms with van der Waals surface area (Å²) in [6, 6.07) is 12.3. The first-order valence-electron chi connectivity index (χ1n) is 6.35. The molecular weight excluding hydrogens is 234 g/mol. The van der Waals surface area contributed by atoms with E-state index in [4.69, 9.17) is 5.84 Å². The smallest absolute Gasteiger partial charge is 0.0934 e. The van der Waals surface area contributed by atoms with Gasteiger partial charge in [-0.05, 0) is 47.8 Å². The molecule has 0 saturated carbocycles. The Morgan fingerprint density at radius 3 is 2.63 bits per heavy atom. The Balaban J connectivity index is 2.04. The highest BCUT2D eigenvalue weighted by Crippen LogP contribution is 2.26. The molecule has 94 valence electrons. The fourth-order valence-electron chi connectivity index (χ4n) is 2.48. The maximum atomic E-state index is 5.60. The second-order valence-corrected chi connectivity index (χ2v) is 4.58. The van der Waals surface area contributed by atoms with E-state index < -0.39 is 0 Å². The van der Waals surface area contributed by atoms with Crippen LogP contribution in [0.2, 0.25) is 0 Å². The van der Waals surface area contributed by atoms with E-state index in [0.29, 0.717) is 0 Å². The lowest BCUT2D eigenvalue weighted by Crippen LogP contribution is -2.16. The average Bonchev–Trinajstić information content (AvgIpc) is 2.48. The predicted molar refractivity (Wildman–Crippen MR) is 77.7 cm³/mol. The van der Waals surface area contributed by atoms with Gasteiger partial charge in [0.15, 0.2) is 0 Å². The molecule has 19 heavy (non-hydrogen) atoms. The van der Waals surface area contributed by atoms with E-state index in [1.54, 1.807) is 12.4 Å². The Hall–Kier alpha value is -2.42. The number of nitrogens with zero attached hydrogens (tertiary/aromatic N) is 2. The second kappa shape index (κ2) is 5.06. The molecule has 1 aliphatic rings. The van der Waals surface area contributed by atoms with Crippen LogP contribution in [-0.4, -0.2) is 10.7 Å². The van der Waals surface area contributed by atoms with Crippen LogP contribution in [0.25, 0.3) is 6.08 Å². The number of hydrogen-bond acceptors (Lipinski definition) is 3. The number of pyridine rings is 1. The van der Waals surface area contributed by atoms with Crippen molar-refractivity contribution in [2.24, 2.45) is 10.9 Å². The molecule has 3 heteroatoms. The summed E-state index contributed by atoms with van der Waals surface area (Å²) in [5, 5.41) is 4.00. The van der Waals surface area contributed by atoms with E-state index in [-0.39, 0.29) is 0 Å². The molecule has 0 amide bonds. The predicted octanol–water partition coefficient (Wildman–Crippen LogP) is 2.77. The summed E-state index contributed by atoms with van der Waals surface area (Å²) in [6.07, 6.45) is 7.73. The summed E-state index contributed by atoms with van der Waals surface area (Å²) in [5.41, 5.74) is 5.69. The van der Waals surface area contributed by atoms with E-state index in [1.807, 2.05) is 18.2 Å². The average molecular weight is 249 g/mol. The Labute approximate surface area is 112 Å². The molecule has 3 nitrogen and oxygen atoms in total. The largest absolute Gasteiger partial charge is 0.323 e. The molecule has 0 saturated heterocycles. The van der Waals surface area contributed by atoms with Crippen LogP contribution in [0, 0.1) is 0 Å². The number of hydrogen-bond donors (Lipinski definition) is 1. The van der Waals surface area contributed by atoms with Crippen LogP contribution >= 0.6 is 0 Å². The topological polar surface area (TPSA) is 51.3 Å². The van der Waals surface area contributed by atoms with Crippen LogP contribution in [-0.2, 0) is 6.42 Å². The van der Waals surface area contributed by atoms with Crippen molar-refractivity contribution >= 4 is 11.8 Å². The minimum atomic E-state index is 0.902. The fourth-order valence-corrected chi connectivity index (χ4v) is 2.48. The van der Waals surface area contributed by atoms with Crippen molar-refractivity contribution in [1.29, 1.82) is 0 Å². The number of benzene rings is 1. The third-order valence-electron chi connectivity index (χ3n) is 3.42. The molecule has 0 fully saturated rings. The van der Waals surface area contributed by atoms with E-state index >= 15 is 0 Å². The molecule has 2 aromatic rings. The molecule has 1 aliphatic carbocycles. The fraction of sp³-hybridized carbons (Fsp3) is 0.125. The van der Waals surface area contributed by atoms with Crippen LogP contribution < -0.4 is 5.84 Å². The lowest BCUT2D eigenvalue weighted by Gasteiger charge is -2.20. The maximum absolute atomic E-state index is 5.60. The van der Waals surface area contributed by atoms with Gasteiger partial charge in [-0.1, -0.05) is 24.3 Å². The van der Waals surface area contributed by atoms with Gasteiger partial charge >= 0.3 is 0 Å². The number of nitrogens with two attached hydrogens (primary N) is 1. The zero-order valence-corrected chi connectivity index (χ0v) is 10.6. The van der Waals surface area contributed by atoms with Crippen LogP contribution in [0.4, 0.5) is 0 Å². The summed E-state index contributed by atoms with van der Waals surface area (Å²) in [4.78, 5) is 4.03. The minimum absolute atomic E-state index is 0.902. The van der Waals surface area contributed by atoms with Crippen LogP contribution in [0.15, 0.2) is 59.5 Å². The summed E-state index contributed by atoms with van der Waals surface area (Å²) < 4.78 is 0. The molecule has 1 aromatic heterocycles. The third kappa shape index (κ3) is 2.27. The molecule has 0 unspecified atom stereocenters. The number of rotatable bonds is 1. The van der Waals surface area contributed by atoms with E-state index in [9.17, 15) is 0 Å². The van der Waals surface area contributed by atoms with Crippen LogP contribution in [0.3, 0.4) is 0 Å². The van der Waals surface area contributed by atoms with Gasteiger partial charge in [-0.2, -0.15) is 5.10 Å². The third-order valence-corrected chi connectivity index (χ3v) is 3.42. The molecule has 1 aromatic carbocycles. The molecule has 2 N–H and O–H groups in total. The van der Waals surface area contributed by atoms with E-state index in [0.717, 1.165) is 29.7 Å². The highest BCUT2D eigenvalue weighted by molar-refractivity contribution is 6.16. The number of aryl methyl sites for hydroxylation is 1. The second-order valence-electron chi connectivity index (χ2n) is 4.58. The molecule has 3 rings (SSSR count).